The quantitative estimate of drug-likeness (QED) is 0.820. The molecule has 0 aliphatic heterocycles. The molecular weight excluding hydrogens is 276 g/mol. The number of hydrogen-bond acceptors (Lipinski definition) is 4. The molecule has 0 atom stereocenters. The Morgan fingerprint density at radius 2 is 2.05 bits per heavy atom. The number of thiazole rings is 1. The topological polar surface area (TPSA) is 79.3 Å². The molecule has 2 N–H and O–H groups in total. The highest BCUT2D eigenvalue weighted by atomic mass is 32.1. The fourth-order valence-electron chi connectivity index (χ4n) is 1.82. The average molecular weight is 292 g/mol. The number of amides is 1. The number of carbonyl (C=O) groups excluding carboxylic acids is 1. The molecule has 0 radical (unpaired) electrons. The van der Waals surface area contributed by atoms with Crippen molar-refractivity contribution in [2.75, 3.05) is 6.54 Å². The van der Waals surface area contributed by atoms with Gasteiger partial charge in [-0.05, 0) is 25.0 Å². The average Bonchev–Trinajstić information content (AvgIpc) is 2.80. The van der Waals surface area contributed by atoms with Crippen molar-refractivity contribution in [2.45, 2.75) is 25.7 Å². The summed E-state index contributed by atoms with van der Waals surface area (Å²) in [5.74, 6) is -1.01. The SMILES string of the molecule is O=C(O)CCNC(=O)CCCc1nc2ccccc2s1. The lowest BCUT2D eigenvalue weighted by molar-refractivity contribution is -0.136. The van der Waals surface area contributed by atoms with Crippen molar-refractivity contribution in [3.8, 4) is 0 Å². The van der Waals surface area contributed by atoms with Gasteiger partial charge in [0.25, 0.3) is 0 Å². The Morgan fingerprint density at radius 1 is 1.25 bits per heavy atom. The molecule has 20 heavy (non-hydrogen) atoms. The van der Waals surface area contributed by atoms with E-state index in [9.17, 15) is 9.59 Å². The third-order valence-electron chi connectivity index (χ3n) is 2.79. The molecule has 0 bridgehead atoms. The Hall–Kier alpha value is -1.95. The van der Waals surface area contributed by atoms with Gasteiger partial charge in [0.2, 0.25) is 5.91 Å². The number of aryl methyl sites for hydroxylation is 1. The van der Waals surface area contributed by atoms with Gasteiger partial charge < -0.3 is 10.4 Å². The molecule has 0 spiro atoms. The number of rotatable bonds is 7. The highest BCUT2D eigenvalue weighted by molar-refractivity contribution is 7.18. The van der Waals surface area contributed by atoms with E-state index in [-0.39, 0.29) is 18.9 Å². The van der Waals surface area contributed by atoms with Crippen molar-refractivity contribution in [2.24, 2.45) is 0 Å². The summed E-state index contributed by atoms with van der Waals surface area (Å²) in [6.45, 7) is 0.190. The predicted octanol–water partition coefficient (Wildman–Crippen LogP) is 2.21. The summed E-state index contributed by atoms with van der Waals surface area (Å²) in [6.07, 6.45) is 1.85. The van der Waals surface area contributed by atoms with Gasteiger partial charge in [-0.2, -0.15) is 0 Å². The maximum atomic E-state index is 11.5. The molecular formula is C14H16N2O3S. The van der Waals surface area contributed by atoms with Gasteiger partial charge >= 0.3 is 5.97 Å². The molecule has 0 aliphatic carbocycles. The van der Waals surface area contributed by atoms with E-state index < -0.39 is 5.97 Å². The number of carboxylic acids is 1. The molecule has 0 fully saturated rings. The van der Waals surface area contributed by atoms with E-state index in [1.807, 2.05) is 24.3 Å². The lowest BCUT2D eigenvalue weighted by Crippen LogP contribution is -2.25. The van der Waals surface area contributed by atoms with Gasteiger partial charge in [0.1, 0.15) is 0 Å². The van der Waals surface area contributed by atoms with Crippen molar-refractivity contribution in [3.05, 3.63) is 29.3 Å². The lowest BCUT2D eigenvalue weighted by Gasteiger charge is -2.02. The van der Waals surface area contributed by atoms with Gasteiger partial charge in [0.05, 0.1) is 21.6 Å². The minimum Gasteiger partial charge on any atom is -0.481 e. The van der Waals surface area contributed by atoms with Crippen LogP contribution in [-0.2, 0) is 16.0 Å². The molecule has 0 aliphatic rings. The van der Waals surface area contributed by atoms with Crippen LogP contribution in [0.2, 0.25) is 0 Å². The number of carboxylic acid groups (broad SMARTS) is 1. The summed E-state index contributed by atoms with van der Waals surface area (Å²) in [4.78, 5) is 26.3. The number of benzene rings is 1. The standard InChI is InChI=1S/C14H16N2O3S/c17-12(15-9-8-14(18)19)6-3-7-13-16-10-4-1-2-5-11(10)20-13/h1-2,4-5H,3,6-9H2,(H,15,17)(H,18,19). The summed E-state index contributed by atoms with van der Waals surface area (Å²) in [7, 11) is 0. The Balaban J connectivity index is 1.72. The molecule has 5 nitrogen and oxygen atoms in total. The summed E-state index contributed by atoms with van der Waals surface area (Å²) in [5, 5.41) is 12.1. The second kappa shape index (κ2) is 7.00. The van der Waals surface area contributed by atoms with E-state index >= 15 is 0 Å². The second-order valence-electron chi connectivity index (χ2n) is 4.42. The number of hydrogen-bond donors (Lipinski definition) is 2. The predicted molar refractivity (Wildman–Crippen MR) is 77.8 cm³/mol. The number of aliphatic carboxylic acids is 1. The molecule has 1 amide bonds. The molecule has 0 saturated heterocycles. The first-order valence-electron chi connectivity index (χ1n) is 6.48. The second-order valence-corrected chi connectivity index (χ2v) is 5.54. The molecule has 0 unspecified atom stereocenters. The molecule has 1 aromatic carbocycles. The Labute approximate surface area is 120 Å². The number of aromatic nitrogens is 1. The van der Waals surface area contributed by atoms with Crippen LogP contribution < -0.4 is 5.32 Å². The van der Waals surface area contributed by atoms with Gasteiger partial charge in [-0.25, -0.2) is 4.98 Å². The van der Waals surface area contributed by atoms with Crippen molar-refractivity contribution in [1.82, 2.24) is 10.3 Å². The monoisotopic (exact) mass is 292 g/mol. The summed E-state index contributed by atoms with van der Waals surface area (Å²) in [5.41, 5.74) is 0.999. The zero-order valence-corrected chi connectivity index (χ0v) is 11.8. The summed E-state index contributed by atoms with van der Waals surface area (Å²) in [6, 6.07) is 7.96. The molecule has 6 heteroatoms. The number of para-hydroxylation sites is 1. The normalized spacial score (nSPS) is 10.6. The number of fused-ring (bicyclic) bond motifs is 1. The number of nitrogens with zero attached hydrogens (tertiary/aromatic N) is 1. The first-order chi connectivity index (χ1) is 9.65. The Kier molecular flexibility index (Phi) is 5.06. The van der Waals surface area contributed by atoms with Crippen molar-refractivity contribution in [3.63, 3.8) is 0 Å². The van der Waals surface area contributed by atoms with E-state index in [4.69, 9.17) is 5.11 Å². The number of nitrogens with one attached hydrogen (secondary N) is 1. The van der Waals surface area contributed by atoms with Gasteiger partial charge in [0.15, 0.2) is 0 Å². The van der Waals surface area contributed by atoms with E-state index in [0.29, 0.717) is 6.42 Å². The first-order valence-corrected chi connectivity index (χ1v) is 7.30. The highest BCUT2D eigenvalue weighted by Gasteiger charge is 2.06. The maximum Gasteiger partial charge on any atom is 0.305 e. The van der Waals surface area contributed by atoms with Crippen LogP contribution in [0.3, 0.4) is 0 Å². The minimum absolute atomic E-state index is 0.0381. The Bertz CT molecular complexity index is 576. The first kappa shape index (κ1) is 14.5. The van der Waals surface area contributed by atoms with Crippen molar-refractivity contribution in [1.29, 1.82) is 0 Å². The van der Waals surface area contributed by atoms with E-state index in [1.54, 1.807) is 11.3 Å². The molecule has 2 rings (SSSR count). The fraction of sp³-hybridized carbons (Fsp3) is 0.357. The largest absolute Gasteiger partial charge is 0.481 e. The molecule has 106 valence electrons. The van der Waals surface area contributed by atoms with Gasteiger partial charge in [-0.1, -0.05) is 12.1 Å². The lowest BCUT2D eigenvalue weighted by atomic mass is 10.2. The van der Waals surface area contributed by atoms with E-state index in [1.165, 1.54) is 0 Å². The molecule has 1 aromatic heterocycles. The molecule has 1 heterocycles. The van der Waals surface area contributed by atoms with Crippen LogP contribution in [0.15, 0.2) is 24.3 Å². The zero-order valence-electron chi connectivity index (χ0n) is 11.0. The Morgan fingerprint density at radius 3 is 2.80 bits per heavy atom. The molecule has 0 saturated carbocycles. The van der Waals surface area contributed by atoms with Gasteiger partial charge in [-0.15, -0.1) is 11.3 Å². The minimum atomic E-state index is -0.903. The highest BCUT2D eigenvalue weighted by Crippen LogP contribution is 2.22. The van der Waals surface area contributed by atoms with Crippen molar-refractivity contribution >= 4 is 33.4 Å². The maximum absolute atomic E-state index is 11.5. The van der Waals surface area contributed by atoms with Crippen molar-refractivity contribution < 1.29 is 14.7 Å². The fourth-order valence-corrected chi connectivity index (χ4v) is 2.83. The smallest absolute Gasteiger partial charge is 0.305 e. The number of carbonyl (C=O) groups is 2. The van der Waals surface area contributed by atoms with Crippen LogP contribution in [0, 0.1) is 0 Å². The molecule has 2 aromatic rings. The van der Waals surface area contributed by atoms with Crippen LogP contribution in [0.25, 0.3) is 10.2 Å². The third-order valence-corrected chi connectivity index (χ3v) is 3.89. The summed E-state index contributed by atoms with van der Waals surface area (Å²) < 4.78 is 1.16. The summed E-state index contributed by atoms with van der Waals surface area (Å²) >= 11 is 1.65. The van der Waals surface area contributed by atoms with Crippen LogP contribution >= 0.6 is 11.3 Å². The zero-order chi connectivity index (χ0) is 14.4. The van der Waals surface area contributed by atoms with Gasteiger partial charge in [0, 0.05) is 13.0 Å². The van der Waals surface area contributed by atoms with Gasteiger partial charge in [-0.3, -0.25) is 9.59 Å². The van der Waals surface area contributed by atoms with Crippen LogP contribution in [0.1, 0.15) is 24.3 Å². The van der Waals surface area contributed by atoms with Crippen LogP contribution in [0.5, 0.6) is 0 Å². The van der Waals surface area contributed by atoms with E-state index in [2.05, 4.69) is 10.3 Å². The van der Waals surface area contributed by atoms with Crippen LogP contribution in [0.4, 0.5) is 0 Å². The van der Waals surface area contributed by atoms with Crippen LogP contribution in [-0.4, -0.2) is 28.5 Å². The third kappa shape index (κ3) is 4.31. The van der Waals surface area contributed by atoms with E-state index in [0.717, 1.165) is 28.1 Å².